The Bertz CT molecular complexity index is 497. The van der Waals surface area contributed by atoms with Gasteiger partial charge in [-0.05, 0) is 31.2 Å². The van der Waals surface area contributed by atoms with E-state index in [0.29, 0.717) is 12.1 Å². The van der Waals surface area contributed by atoms with Gasteiger partial charge in [-0.25, -0.2) is 0 Å². The highest BCUT2D eigenvalue weighted by Crippen LogP contribution is 2.32. The maximum absolute atomic E-state index is 9.73. The van der Waals surface area contributed by atoms with Crippen molar-refractivity contribution < 1.29 is 10.2 Å². The second-order valence-electron chi connectivity index (χ2n) is 4.03. The Labute approximate surface area is 105 Å². The summed E-state index contributed by atoms with van der Waals surface area (Å²) in [5, 5.41) is 30.4. The van der Waals surface area contributed by atoms with E-state index in [9.17, 15) is 10.2 Å². The van der Waals surface area contributed by atoms with Crippen LogP contribution in [0.1, 0.15) is 24.2 Å². The number of aromatic nitrogens is 2. The zero-order valence-corrected chi connectivity index (χ0v) is 10.0. The molecule has 2 rings (SSSR count). The summed E-state index contributed by atoms with van der Waals surface area (Å²) in [4.78, 5) is 0. The van der Waals surface area contributed by atoms with Crippen molar-refractivity contribution in [2.24, 2.45) is 0 Å². The normalized spacial score (nSPS) is 12.3. The third-order valence-corrected chi connectivity index (χ3v) is 2.71. The molecule has 0 aliphatic carbocycles. The summed E-state index contributed by atoms with van der Waals surface area (Å²) in [6.45, 7) is 2.38. The Kier molecular flexibility index (Phi) is 3.74. The molecule has 0 spiro atoms. The standard InChI is InChI=1S/C13H15N3O2/c1-9(13-11(17)5-2-6-12(13)18)14-8-10-4-3-7-15-16-10/h2-7,9,14,17-18H,8H2,1H3. The fraction of sp³-hybridized carbons (Fsp3) is 0.231. The average molecular weight is 245 g/mol. The molecular formula is C13H15N3O2. The van der Waals surface area contributed by atoms with Gasteiger partial charge in [-0.2, -0.15) is 10.2 Å². The van der Waals surface area contributed by atoms with Gasteiger partial charge in [-0.3, -0.25) is 0 Å². The lowest BCUT2D eigenvalue weighted by Gasteiger charge is -2.16. The van der Waals surface area contributed by atoms with E-state index in [1.165, 1.54) is 0 Å². The van der Waals surface area contributed by atoms with E-state index in [1.54, 1.807) is 24.4 Å². The van der Waals surface area contributed by atoms with Crippen molar-refractivity contribution in [3.8, 4) is 11.5 Å². The van der Waals surface area contributed by atoms with Crippen LogP contribution in [0.15, 0.2) is 36.5 Å². The summed E-state index contributed by atoms with van der Waals surface area (Å²) in [6, 6.07) is 8.19. The summed E-state index contributed by atoms with van der Waals surface area (Å²) in [7, 11) is 0. The van der Waals surface area contributed by atoms with Gasteiger partial charge in [0.15, 0.2) is 0 Å². The second kappa shape index (κ2) is 5.46. The van der Waals surface area contributed by atoms with Crippen LogP contribution in [-0.4, -0.2) is 20.4 Å². The van der Waals surface area contributed by atoms with Crippen molar-refractivity contribution in [1.29, 1.82) is 0 Å². The lowest BCUT2D eigenvalue weighted by atomic mass is 10.1. The van der Waals surface area contributed by atoms with Gasteiger partial charge < -0.3 is 15.5 Å². The minimum Gasteiger partial charge on any atom is -0.507 e. The zero-order valence-electron chi connectivity index (χ0n) is 10.0. The first-order valence-corrected chi connectivity index (χ1v) is 5.69. The van der Waals surface area contributed by atoms with E-state index < -0.39 is 0 Å². The van der Waals surface area contributed by atoms with E-state index >= 15 is 0 Å². The summed E-state index contributed by atoms with van der Waals surface area (Å²) >= 11 is 0. The second-order valence-corrected chi connectivity index (χ2v) is 4.03. The number of phenolic OH excluding ortho intramolecular Hbond substituents is 2. The number of hydrogen-bond acceptors (Lipinski definition) is 5. The van der Waals surface area contributed by atoms with E-state index in [-0.39, 0.29) is 17.5 Å². The number of nitrogens with zero attached hydrogens (tertiary/aromatic N) is 2. The maximum atomic E-state index is 9.73. The topological polar surface area (TPSA) is 78.3 Å². The minimum absolute atomic E-state index is 0.0779. The quantitative estimate of drug-likeness (QED) is 0.764. The Morgan fingerprint density at radius 3 is 2.50 bits per heavy atom. The largest absolute Gasteiger partial charge is 0.507 e. The summed E-state index contributed by atoms with van der Waals surface area (Å²) < 4.78 is 0. The molecule has 1 atom stereocenters. The third-order valence-electron chi connectivity index (χ3n) is 2.71. The highest BCUT2D eigenvalue weighted by Gasteiger charge is 2.14. The zero-order chi connectivity index (χ0) is 13.0. The molecule has 0 fully saturated rings. The van der Waals surface area contributed by atoms with E-state index in [0.717, 1.165) is 5.69 Å². The molecule has 0 radical (unpaired) electrons. The van der Waals surface area contributed by atoms with Gasteiger partial charge in [0.1, 0.15) is 11.5 Å². The molecule has 1 aromatic heterocycles. The molecule has 5 heteroatoms. The number of benzene rings is 1. The van der Waals surface area contributed by atoms with Crippen LogP contribution in [0.4, 0.5) is 0 Å². The molecule has 0 aliphatic heterocycles. The number of aromatic hydroxyl groups is 2. The summed E-state index contributed by atoms with van der Waals surface area (Å²) in [5.41, 5.74) is 1.29. The first-order chi connectivity index (χ1) is 8.68. The predicted octanol–water partition coefficient (Wildman–Crippen LogP) is 1.74. The Morgan fingerprint density at radius 1 is 1.17 bits per heavy atom. The van der Waals surface area contributed by atoms with Gasteiger partial charge >= 0.3 is 0 Å². The van der Waals surface area contributed by atoms with E-state index in [2.05, 4.69) is 15.5 Å². The number of hydrogen-bond donors (Lipinski definition) is 3. The fourth-order valence-electron chi connectivity index (χ4n) is 1.77. The predicted molar refractivity (Wildman–Crippen MR) is 67.1 cm³/mol. The minimum atomic E-state index is -0.187. The Balaban J connectivity index is 2.06. The molecule has 5 nitrogen and oxygen atoms in total. The van der Waals surface area contributed by atoms with Crippen molar-refractivity contribution >= 4 is 0 Å². The number of rotatable bonds is 4. The molecule has 0 saturated carbocycles. The smallest absolute Gasteiger partial charge is 0.124 e. The van der Waals surface area contributed by atoms with Crippen LogP contribution in [0.2, 0.25) is 0 Å². The molecule has 0 amide bonds. The molecule has 3 N–H and O–H groups in total. The van der Waals surface area contributed by atoms with Crippen LogP contribution >= 0.6 is 0 Å². The van der Waals surface area contributed by atoms with Crippen LogP contribution in [0, 0.1) is 0 Å². The molecule has 0 aliphatic rings. The van der Waals surface area contributed by atoms with Crippen molar-refractivity contribution in [3.63, 3.8) is 0 Å². The maximum Gasteiger partial charge on any atom is 0.124 e. The average Bonchev–Trinajstić information content (AvgIpc) is 2.37. The first-order valence-electron chi connectivity index (χ1n) is 5.69. The van der Waals surface area contributed by atoms with Crippen molar-refractivity contribution in [3.05, 3.63) is 47.8 Å². The van der Waals surface area contributed by atoms with Crippen molar-refractivity contribution in [2.45, 2.75) is 19.5 Å². The van der Waals surface area contributed by atoms with Gasteiger partial charge in [0, 0.05) is 18.8 Å². The van der Waals surface area contributed by atoms with Gasteiger partial charge in [-0.15, -0.1) is 0 Å². The van der Waals surface area contributed by atoms with Crippen LogP contribution in [0.5, 0.6) is 11.5 Å². The molecule has 94 valence electrons. The SMILES string of the molecule is CC(NCc1cccnn1)c1c(O)cccc1O. The molecule has 1 unspecified atom stereocenters. The van der Waals surface area contributed by atoms with Crippen LogP contribution < -0.4 is 5.32 Å². The molecule has 1 heterocycles. The highest BCUT2D eigenvalue weighted by molar-refractivity contribution is 5.44. The van der Waals surface area contributed by atoms with Crippen molar-refractivity contribution in [1.82, 2.24) is 15.5 Å². The first kappa shape index (κ1) is 12.3. The van der Waals surface area contributed by atoms with Crippen LogP contribution in [0.3, 0.4) is 0 Å². The van der Waals surface area contributed by atoms with Crippen molar-refractivity contribution in [2.75, 3.05) is 0 Å². The monoisotopic (exact) mass is 245 g/mol. The molecule has 1 aromatic carbocycles. The molecular weight excluding hydrogens is 230 g/mol. The molecule has 2 aromatic rings. The number of nitrogens with one attached hydrogen (secondary N) is 1. The number of phenols is 2. The Morgan fingerprint density at radius 2 is 1.89 bits per heavy atom. The van der Waals surface area contributed by atoms with Crippen LogP contribution in [-0.2, 0) is 6.54 Å². The molecule has 0 saturated heterocycles. The van der Waals surface area contributed by atoms with E-state index in [4.69, 9.17) is 0 Å². The highest BCUT2D eigenvalue weighted by atomic mass is 16.3. The lowest BCUT2D eigenvalue weighted by molar-refractivity contribution is 0.417. The lowest BCUT2D eigenvalue weighted by Crippen LogP contribution is -2.19. The molecule has 18 heavy (non-hydrogen) atoms. The van der Waals surface area contributed by atoms with Gasteiger partial charge in [0.2, 0.25) is 0 Å². The summed E-state index contributed by atoms with van der Waals surface area (Å²) in [6.07, 6.45) is 1.61. The van der Waals surface area contributed by atoms with Crippen LogP contribution in [0.25, 0.3) is 0 Å². The fourth-order valence-corrected chi connectivity index (χ4v) is 1.77. The Hall–Kier alpha value is -2.14. The molecule has 0 bridgehead atoms. The van der Waals surface area contributed by atoms with Gasteiger partial charge in [-0.1, -0.05) is 6.07 Å². The van der Waals surface area contributed by atoms with Gasteiger partial charge in [0.25, 0.3) is 0 Å². The van der Waals surface area contributed by atoms with E-state index in [1.807, 2.05) is 19.1 Å². The third kappa shape index (κ3) is 2.75. The summed E-state index contributed by atoms with van der Waals surface area (Å²) in [5.74, 6) is 0.156. The van der Waals surface area contributed by atoms with Gasteiger partial charge in [0.05, 0.1) is 11.3 Å².